The Labute approximate surface area is 205 Å². The molecule has 3 N–H and O–H groups in total. The van der Waals surface area contributed by atoms with Gasteiger partial charge in [0.1, 0.15) is 16.5 Å². The normalized spacial score (nSPS) is 19.3. The van der Waals surface area contributed by atoms with Crippen molar-refractivity contribution in [1.82, 2.24) is 14.5 Å². The number of alkyl halides is 3. The van der Waals surface area contributed by atoms with E-state index >= 15 is 0 Å². The van der Waals surface area contributed by atoms with Crippen molar-refractivity contribution < 1.29 is 13.2 Å². The van der Waals surface area contributed by atoms with Gasteiger partial charge in [-0.25, -0.2) is 4.99 Å². The van der Waals surface area contributed by atoms with Gasteiger partial charge in [-0.1, -0.05) is 30.3 Å². The smallest absolute Gasteiger partial charge is 0.371 e. The van der Waals surface area contributed by atoms with E-state index in [1.807, 2.05) is 34.9 Å². The number of para-hydroxylation sites is 1. The van der Waals surface area contributed by atoms with Gasteiger partial charge in [-0.3, -0.25) is 19.3 Å². The van der Waals surface area contributed by atoms with Crippen molar-refractivity contribution >= 4 is 11.5 Å². The number of hydrogen-bond donors (Lipinski definition) is 3. The van der Waals surface area contributed by atoms with Crippen LogP contribution in [0.4, 0.5) is 18.9 Å². The average molecular weight is 497 g/mol. The lowest BCUT2D eigenvalue weighted by atomic mass is 10.1. The minimum Gasteiger partial charge on any atom is -0.371 e. The summed E-state index contributed by atoms with van der Waals surface area (Å²) >= 11 is 0. The molecule has 2 heterocycles. The molecule has 5 rings (SSSR count). The maximum atomic E-state index is 13.4. The Hall–Kier alpha value is -3.82. The van der Waals surface area contributed by atoms with Crippen LogP contribution in [0.1, 0.15) is 36.4 Å². The van der Waals surface area contributed by atoms with Gasteiger partial charge in [0.05, 0.1) is 17.6 Å². The molecule has 0 unspecified atom stereocenters. The summed E-state index contributed by atoms with van der Waals surface area (Å²) in [4.78, 5) is 18.1. The van der Waals surface area contributed by atoms with Gasteiger partial charge in [0.15, 0.2) is 0 Å². The number of nitrogens with one attached hydrogen (secondary N) is 3. The largest absolute Gasteiger partial charge is 0.416 e. The third-order valence-corrected chi connectivity index (χ3v) is 6.86. The molecule has 0 spiro atoms. The van der Waals surface area contributed by atoms with Crippen molar-refractivity contribution in [3.63, 3.8) is 0 Å². The molecule has 2 aromatic carbocycles. The van der Waals surface area contributed by atoms with E-state index in [2.05, 4.69) is 10.6 Å². The van der Waals surface area contributed by atoms with E-state index < -0.39 is 11.7 Å². The Bertz CT molecular complexity index is 1510. The summed E-state index contributed by atoms with van der Waals surface area (Å²) in [7, 11) is 1.67. The van der Waals surface area contributed by atoms with E-state index in [1.54, 1.807) is 7.05 Å². The van der Waals surface area contributed by atoms with E-state index in [0.717, 1.165) is 42.6 Å². The Morgan fingerprint density at radius 1 is 1.11 bits per heavy atom. The van der Waals surface area contributed by atoms with Crippen molar-refractivity contribution in [3.05, 3.63) is 92.4 Å². The molecule has 0 saturated heterocycles. The molecule has 2 aliphatic rings. The average Bonchev–Trinajstić information content (AvgIpc) is 3.45. The van der Waals surface area contributed by atoms with E-state index in [4.69, 9.17) is 10.4 Å². The second-order valence-electron chi connectivity index (χ2n) is 9.19. The summed E-state index contributed by atoms with van der Waals surface area (Å²) in [5.74, 6) is 0.385. The predicted octanol–water partition coefficient (Wildman–Crippen LogP) is 2.42. The number of aromatic nitrogens is 2. The molecule has 0 amide bonds. The lowest BCUT2D eigenvalue weighted by Gasteiger charge is -2.17. The van der Waals surface area contributed by atoms with Gasteiger partial charge in [0.2, 0.25) is 5.62 Å². The zero-order chi connectivity index (χ0) is 25.4. The minimum atomic E-state index is -4.38. The summed E-state index contributed by atoms with van der Waals surface area (Å²) < 4.78 is 42.0. The van der Waals surface area contributed by atoms with Crippen molar-refractivity contribution in [3.8, 4) is 0 Å². The maximum absolute atomic E-state index is 13.4. The molecule has 1 aliphatic carbocycles. The maximum Gasteiger partial charge on any atom is 0.416 e. The lowest BCUT2D eigenvalue weighted by Crippen LogP contribution is -2.59. The molecule has 3 aromatic rings. The zero-order valence-corrected chi connectivity index (χ0v) is 19.8. The molecule has 188 valence electrons. The molecule has 1 aliphatic heterocycles. The van der Waals surface area contributed by atoms with Crippen molar-refractivity contribution in [2.45, 2.75) is 43.9 Å². The highest BCUT2D eigenvalue weighted by molar-refractivity contribution is 5.62. The van der Waals surface area contributed by atoms with Crippen LogP contribution >= 0.6 is 0 Å². The molecule has 2 atom stereocenters. The standard InChI is InChI=1S/C26H27F3N6O/c1-34-24(36)21(22(30)35-20-9-5-8-19(20)33-25(34)35)23(32-18-6-3-2-4-7-18)31-15-14-16-10-12-17(13-11-16)26(27,28)29/h2-4,6-7,10-13,19-20,30-32H,5,8-9,14-15H2,1H3/b23-21-,30-22?/t19-,20+/m1/s1. The van der Waals surface area contributed by atoms with Gasteiger partial charge in [-0.05, 0) is 55.5 Å². The Morgan fingerprint density at radius 2 is 1.83 bits per heavy atom. The molecule has 1 aromatic heterocycles. The molecule has 10 heteroatoms. The van der Waals surface area contributed by atoms with Crippen molar-refractivity contribution in [2.24, 2.45) is 12.0 Å². The van der Waals surface area contributed by atoms with Crippen LogP contribution in [0.3, 0.4) is 0 Å². The first-order valence-corrected chi connectivity index (χ1v) is 11.9. The third-order valence-electron chi connectivity index (χ3n) is 6.86. The number of fused-ring (bicyclic) bond motifs is 3. The number of anilines is 1. The topological polar surface area (TPSA) is 87.2 Å². The van der Waals surface area contributed by atoms with Crippen LogP contribution in [0, 0.1) is 5.41 Å². The van der Waals surface area contributed by atoms with E-state index in [9.17, 15) is 18.0 Å². The fourth-order valence-electron chi connectivity index (χ4n) is 5.00. The molecule has 36 heavy (non-hydrogen) atoms. The number of benzene rings is 2. The molecule has 7 nitrogen and oxygen atoms in total. The van der Waals surface area contributed by atoms with Crippen LogP contribution in [-0.2, 0) is 19.6 Å². The van der Waals surface area contributed by atoms with Crippen LogP contribution in [0.5, 0.6) is 0 Å². The third kappa shape index (κ3) is 4.43. The number of nitrogens with zero attached hydrogens (tertiary/aromatic N) is 3. The first-order chi connectivity index (χ1) is 17.2. The molecule has 1 saturated carbocycles. The van der Waals surface area contributed by atoms with Crippen LogP contribution < -0.4 is 32.5 Å². The van der Waals surface area contributed by atoms with Gasteiger partial charge >= 0.3 is 6.18 Å². The summed E-state index contributed by atoms with van der Waals surface area (Å²) in [5.41, 5.74) is 1.06. The molecule has 0 radical (unpaired) electrons. The van der Waals surface area contributed by atoms with Crippen molar-refractivity contribution in [2.75, 3.05) is 11.9 Å². The number of rotatable bonds is 6. The fraction of sp³-hybridized carbons (Fsp3) is 0.346. The van der Waals surface area contributed by atoms with E-state index in [-0.39, 0.29) is 28.3 Å². The van der Waals surface area contributed by atoms with Crippen molar-refractivity contribution in [1.29, 1.82) is 5.41 Å². The number of hydrogen-bond acceptors (Lipinski definition) is 5. The van der Waals surface area contributed by atoms with Crippen LogP contribution in [0.2, 0.25) is 0 Å². The van der Waals surface area contributed by atoms with Gasteiger partial charge in [-0.2, -0.15) is 13.2 Å². The fourth-order valence-corrected chi connectivity index (χ4v) is 5.00. The molecule has 0 bridgehead atoms. The highest BCUT2D eigenvalue weighted by Crippen LogP contribution is 2.32. The van der Waals surface area contributed by atoms with Crippen LogP contribution in [0.25, 0.3) is 5.82 Å². The summed E-state index contributed by atoms with van der Waals surface area (Å²) in [6.07, 6.45) is -1.05. The van der Waals surface area contributed by atoms with E-state index in [1.165, 1.54) is 16.7 Å². The second-order valence-corrected chi connectivity index (χ2v) is 9.19. The van der Waals surface area contributed by atoms with E-state index in [0.29, 0.717) is 24.4 Å². The monoisotopic (exact) mass is 496 g/mol. The van der Waals surface area contributed by atoms with Gasteiger partial charge < -0.3 is 10.6 Å². The Balaban J connectivity index is 1.52. The highest BCUT2D eigenvalue weighted by Gasteiger charge is 2.35. The van der Waals surface area contributed by atoms with Gasteiger partial charge in [0.25, 0.3) is 5.56 Å². The van der Waals surface area contributed by atoms with Gasteiger partial charge in [0, 0.05) is 19.3 Å². The SMILES string of the molecule is Cn1c(=O)/c(=C(/NCCc2ccc(C(F)(F)F)cc2)Nc2ccccc2)c(=N)n2c1=N[C@@H]1CCC[C@@H]12. The summed E-state index contributed by atoms with van der Waals surface area (Å²) in [6, 6.07) is 14.5. The summed E-state index contributed by atoms with van der Waals surface area (Å²) in [6.45, 7) is 0.349. The Kier molecular flexibility index (Phi) is 6.19. The molecular weight excluding hydrogens is 469 g/mol. The van der Waals surface area contributed by atoms with Gasteiger partial charge in [-0.15, -0.1) is 0 Å². The van der Waals surface area contributed by atoms with Crippen LogP contribution in [0.15, 0.2) is 64.4 Å². The predicted molar refractivity (Wildman–Crippen MR) is 130 cm³/mol. The Morgan fingerprint density at radius 3 is 2.53 bits per heavy atom. The lowest BCUT2D eigenvalue weighted by molar-refractivity contribution is -0.137. The minimum absolute atomic E-state index is 0.0724. The molecule has 1 fully saturated rings. The second kappa shape index (κ2) is 9.33. The summed E-state index contributed by atoms with van der Waals surface area (Å²) in [5, 5.41) is 15.7. The highest BCUT2D eigenvalue weighted by atomic mass is 19.4. The number of halogens is 3. The molecular formula is C26H27F3N6O. The van der Waals surface area contributed by atoms with Crippen LogP contribution in [-0.4, -0.2) is 21.7 Å². The quantitative estimate of drug-likeness (QED) is 0.490. The zero-order valence-electron chi connectivity index (χ0n) is 19.8. The first kappa shape index (κ1) is 23.9. The first-order valence-electron chi connectivity index (χ1n) is 11.9.